The molecule has 1 rings (SSSR count). The van der Waals surface area contributed by atoms with Crippen LogP contribution in [0.4, 0.5) is 0 Å². The summed E-state index contributed by atoms with van der Waals surface area (Å²) in [5, 5.41) is 12.9. The van der Waals surface area contributed by atoms with E-state index in [1.165, 1.54) is 19.3 Å². The van der Waals surface area contributed by atoms with Crippen LogP contribution in [0.15, 0.2) is 17.1 Å². The third-order valence-corrected chi connectivity index (χ3v) is 3.32. The lowest BCUT2D eigenvalue weighted by Gasteiger charge is -2.08. The average Bonchev–Trinajstić information content (AvgIpc) is 2.42. The summed E-state index contributed by atoms with van der Waals surface area (Å²) in [5.41, 5.74) is 8.65. The van der Waals surface area contributed by atoms with Gasteiger partial charge < -0.3 is 16.2 Å². The first-order valence-electron chi connectivity index (χ1n) is 7.37. The molecule has 120 valence electrons. The molecule has 0 aliphatic heterocycles. The maximum Gasteiger partial charge on any atom is 0.188 e. The van der Waals surface area contributed by atoms with Crippen molar-refractivity contribution >= 4 is 29.9 Å². The van der Waals surface area contributed by atoms with Crippen LogP contribution in [0, 0.1) is 13.8 Å². The number of hydrogen-bond donors (Lipinski definition) is 3. The summed E-state index contributed by atoms with van der Waals surface area (Å²) in [4.78, 5) is 4.33. The number of phenolic OH excluding ortho intramolecular Hbond substituents is 1. The number of benzene rings is 1. The molecule has 1 aromatic rings. The molecular formula is C16H28IN3O. The Kier molecular flexibility index (Phi) is 10.2. The highest BCUT2D eigenvalue weighted by atomic mass is 127. The SMILES string of the molecule is CCCCCCNC(N)=NCc1cc(C)c(O)c(C)c1.I. The van der Waals surface area contributed by atoms with Gasteiger partial charge in [0.2, 0.25) is 0 Å². The second-order valence-electron chi connectivity index (χ2n) is 5.27. The largest absolute Gasteiger partial charge is 0.507 e. The van der Waals surface area contributed by atoms with Crippen LogP contribution in [0.3, 0.4) is 0 Å². The highest BCUT2D eigenvalue weighted by Crippen LogP contribution is 2.23. The fourth-order valence-corrected chi connectivity index (χ4v) is 2.14. The van der Waals surface area contributed by atoms with Gasteiger partial charge >= 0.3 is 0 Å². The van der Waals surface area contributed by atoms with Crippen LogP contribution in [0.1, 0.15) is 49.3 Å². The monoisotopic (exact) mass is 405 g/mol. The number of phenols is 1. The van der Waals surface area contributed by atoms with Gasteiger partial charge in [-0.1, -0.05) is 38.3 Å². The van der Waals surface area contributed by atoms with Crippen molar-refractivity contribution in [1.82, 2.24) is 5.32 Å². The van der Waals surface area contributed by atoms with Gasteiger partial charge in [0.25, 0.3) is 0 Å². The molecule has 0 fully saturated rings. The Bertz CT molecular complexity index is 438. The molecule has 0 spiro atoms. The zero-order valence-electron chi connectivity index (χ0n) is 13.3. The first-order chi connectivity index (χ1) is 9.54. The van der Waals surface area contributed by atoms with E-state index < -0.39 is 0 Å². The van der Waals surface area contributed by atoms with Crippen LogP contribution in [0.5, 0.6) is 5.75 Å². The van der Waals surface area contributed by atoms with Crippen molar-refractivity contribution in [3.63, 3.8) is 0 Å². The van der Waals surface area contributed by atoms with Crippen molar-refractivity contribution in [1.29, 1.82) is 0 Å². The van der Waals surface area contributed by atoms with Gasteiger partial charge in [-0.15, -0.1) is 24.0 Å². The number of nitrogens with two attached hydrogens (primary N) is 1. The number of guanidine groups is 1. The Balaban J connectivity index is 0.00000400. The van der Waals surface area contributed by atoms with E-state index in [0.29, 0.717) is 18.3 Å². The van der Waals surface area contributed by atoms with E-state index in [1.807, 2.05) is 26.0 Å². The van der Waals surface area contributed by atoms with Crippen LogP contribution in [-0.4, -0.2) is 17.6 Å². The second-order valence-corrected chi connectivity index (χ2v) is 5.27. The van der Waals surface area contributed by atoms with Crippen LogP contribution in [0.25, 0.3) is 0 Å². The molecule has 0 radical (unpaired) electrons. The lowest BCUT2D eigenvalue weighted by Crippen LogP contribution is -2.32. The molecule has 0 saturated carbocycles. The molecule has 0 aliphatic carbocycles. The minimum Gasteiger partial charge on any atom is -0.507 e. The summed E-state index contributed by atoms with van der Waals surface area (Å²) in [6.07, 6.45) is 4.86. The lowest BCUT2D eigenvalue weighted by atomic mass is 10.1. The highest BCUT2D eigenvalue weighted by Gasteiger charge is 2.03. The Labute approximate surface area is 145 Å². The first-order valence-corrected chi connectivity index (χ1v) is 7.37. The normalized spacial score (nSPS) is 11.1. The number of aromatic hydroxyl groups is 1. The number of nitrogens with zero attached hydrogens (tertiary/aromatic N) is 1. The van der Waals surface area contributed by atoms with Crippen molar-refractivity contribution in [2.24, 2.45) is 10.7 Å². The summed E-state index contributed by atoms with van der Waals surface area (Å²) in [6.45, 7) is 7.40. The smallest absolute Gasteiger partial charge is 0.188 e. The van der Waals surface area contributed by atoms with E-state index in [4.69, 9.17) is 5.73 Å². The molecule has 0 saturated heterocycles. The van der Waals surface area contributed by atoms with Crippen molar-refractivity contribution in [3.05, 3.63) is 28.8 Å². The van der Waals surface area contributed by atoms with E-state index >= 15 is 0 Å². The first kappa shape index (κ1) is 20.0. The number of unbranched alkanes of at least 4 members (excludes halogenated alkanes) is 3. The number of aryl methyl sites for hydroxylation is 2. The van der Waals surface area contributed by atoms with Gasteiger partial charge in [0.1, 0.15) is 5.75 Å². The van der Waals surface area contributed by atoms with Gasteiger partial charge in [-0.05, 0) is 37.0 Å². The molecule has 0 aromatic heterocycles. The van der Waals surface area contributed by atoms with E-state index in [-0.39, 0.29) is 24.0 Å². The van der Waals surface area contributed by atoms with E-state index in [2.05, 4.69) is 17.2 Å². The molecule has 4 nitrogen and oxygen atoms in total. The molecule has 0 aliphatic rings. The fraction of sp³-hybridized carbons (Fsp3) is 0.562. The molecule has 21 heavy (non-hydrogen) atoms. The maximum atomic E-state index is 9.72. The summed E-state index contributed by atoms with van der Waals surface area (Å²) in [5.74, 6) is 0.852. The van der Waals surface area contributed by atoms with Crippen molar-refractivity contribution in [3.8, 4) is 5.75 Å². The van der Waals surface area contributed by atoms with Crippen molar-refractivity contribution < 1.29 is 5.11 Å². The van der Waals surface area contributed by atoms with Crippen molar-refractivity contribution in [2.45, 2.75) is 53.0 Å². The maximum absolute atomic E-state index is 9.72. The van der Waals surface area contributed by atoms with Gasteiger partial charge in [-0.3, -0.25) is 0 Å². The van der Waals surface area contributed by atoms with Crippen LogP contribution in [0.2, 0.25) is 0 Å². The Hall–Kier alpha value is -0.980. The molecule has 0 bridgehead atoms. The van der Waals surface area contributed by atoms with Gasteiger partial charge in [0, 0.05) is 6.54 Å². The standard InChI is InChI=1S/C16H27N3O.HI/c1-4-5-6-7-8-18-16(17)19-11-14-9-12(2)15(20)13(3)10-14;/h9-10,20H,4-8,11H2,1-3H3,(H3,17,18,19);1H. The molecule has 1 aromatic carbocycles. The number of rotatable bonds is 7. The molecule has 0 amide bonds. The van der Waals surface area contributed by atoms with Crippen LogP contribution >= 0.6 is 24.0 Å². The third kappa shape index (κ3) is 7.55. The Morgan fingerprint density at radius 1 is 1.19 bits per heavy atom. The number of aliphatic imine (C=N–C) groups is 1. The molecule has 5 heteroatoms. The van der Waals surface area contributed by atoms with Gasteiger partial charge in [-0.25, -0.2) is 4.99 Å². The summed E-state index contributed by atoms with van der Waals surface area (Å²) in [7, 11) is 0. The topological polar surface area (TPSA) is 70.6 Å². The minimum absolute atomic E-state index is 0. The fourth-order valence-electron chi connectivity index (χ4n) is 2.14. The zero-order chi connectivity index (χ0) is 15.0. The summed E-state index contributed by atoms with van der Waals surface area (Å²) in [6, 6.07) is 3.89. The second kappa shape index (κ2) is 10.7. The number of halogens is 1. The predicted octanol–water partition coefficient (Wildman–Crippen LogP) is 3.61. The number of nitrogens with one attached hydrogen (secondary N) is 1. The molecule has 4 N–H and O–H groups in total. The third-order valence-electron chi connectivity index (χ3n) is 3.32. The summed E-state index contributed by atoms with van der Waals surface area (Å²) >= 11 is 0. The van der Waals surface area contributed by atoms with Gasteiger partial charge in [0.05, 0.1) is 6.54 Å². The van der Waals surface area contributed by atoms with Crippen LogP contribution in [-0.2, 0) is 6.54 Å². The zero-order valence-corrected chi connectivity index (χ0v) is 15.6. The highest BCUT2D eigenvalue weighted by molar-refractivity contribution is 14.0. The van der Waals surface area contributed by atoms with E-state index in [1.54, 1.807) is 0 Å². The van der Waals surface area contributed by atoms with E-state index in [0.717, 1.165) is 29.7 Å². The van der Waals surface area contributed by atoms with Crippen molar-refractivity contribution in [2.75, 3.05) is 6.54 Å². The Morgan fingerprint density at radius 2 is 1.81 bits per heavy atom. The average molecular weight is 405 g/mol. The minimum atomic E-state index is 0. The molecule has 0 heterocycles. The predicted molar refractivity (Wildman–Crippen MR) is 100 cm³/mol. The van der Waals surface area contributed by atoms with Gasteiger partial charge in [0.15, 0.2) is 5.96 Å². The quantitative estimate of drug-likeness (QED) is 0.281. The summed E-state index contributed by atoms with van der Waals surface area (Å²) < 4.78 is 0. The number of hydrogen-bond acceptors (Lipinski definition) is 2. The molecular weight excluding hydrogens is 377 g/mol. The Morgan fingerprint density at radius 3 is 2.38 bits per heavy atom. The lowest BCUT2D eigenvalue weighted by molar-refractivity contribution is 0.466. The van der Waals surface area contributed by atoms with Gasteiger partial charge in [-0.2, -0.15) is 0 Å². The molecule has 0 unspecified atom stereocenters. The van der Waals surface area contributed by atoms with Crippen LogP contribution < -0.4 is 11.1 Å². The van der Waals surface area contributed by atoms with E-state index in [9.17, 15) is 5.11 Å². The molecule has 0 atom stereocenters.